The highest BCUT2D eigenvalue weighted by Crippen LogP contribution is 2.40. The number of nitrogens with two attached hydrogens (primary N) is 1. The molecule has 3 aliphatic rings. The average Bonchev–Trinajstić information content (AvgIpc) is 3.85. The van der Waals surface area contributed by atoms with Gasteiger partial charge in [-0.1, -0.05) is 0 Å². The van der Waals surface area contributed by atoms with Gasteiger partial charge in [-0.2, -0.15) is 4.98 Å². The number of carbonyl (C=O) groups excluding carboxylic acids is 1. The van der Waals surface area contributed by atoms with E-state index in [0.717, 1.165) is 0 Å². The molecule has 46 heavy (non-hydrogen) atoms. The molecule has 0 saturated carbocycles. The number of imidazole rings is 2. The molecule has 4 N–H and O–H groups in total. The highest BCUT2D eigenvalue weighted by molar-refractivity contribution is 7.75. The summed E-state index contributed by atoms with van der Waals surface area (Å²) in [6.45, 7) is -0.272. The van der Waals surface area contributed by atoms with Gasteiger partial charge in [0, 0.05) is 15.4 Å². The molecule has 0 radical (unpaired) electrons. The van der Waals surface area contributed by atoms with Crippen LogP contribution in [-0.4, -0.2) is 100 Å². The first-order valence-corrected chi connectivity index (χ1v) is 15.4. The molecule has 23 heteroatoms. The standard InChI is InChI=1S/C23H27FN10O9P2S/c24-12-8(9(3-38-44)41-21(12)33-6-28-13-17(25)26-5-27-18(13)33)2-39-45-40-4-10-15(36)16(43-46)22(42-10)34-7-29-14-19(34)31-23-30-11(35)1-32(23)20(14)37/h5-10,12,15-16,21-22,36,45-46H,1-4,44H2,(H2,25,26,27)(H,30,31,35)/t8-,9-,10-,12+,15-,16-,21-,22-/m1/s1. The smallest absolute Gasteiger partial charge is 0.283 e. The van der Waals surface area contributed by atoms with Gasteiger partial charge in [0.2, 0.25) is 11.9 Å². The summed E-state index contributed by atoms with van der Waals surface area (Å²) in [6.07, 6.45) is -3.34. The average molecular weight is 701 g/mol. The van der Waals surface area contributed by atoms with E-state index in [4.69, 9.17) is 33.0 Å². The van der Waals surface area contributed by atoms with E-state index in [1.54, 1.807) is 0 Å². The molecule has 19 nitrogen and oxygen atoms in total. The number of nitrogens with one attached hydrogen (secondary N) is 1. The van der Waals surface area contributed by atoms with E-state index in [-0.39, 0.29) is 55.2 Å². The Morgan fingerprint density at radius 2 is 1.80 bits per heavy atom. The quantitative estimate of drug-likeness (QED) is 0.0679. The maximum atomic E-state index is 15.8. The number of rotatable bonds is 11. The van der Waals surface area contributed by atoms with Crippen molar-refractivity contribution in [2.45, 2.75) is 49.6 Å². The highest BCUT2D eigenvalue weighted by Gasteiger charge is 2.48. The fourth-order valence-corrected chi connectivity index (χ4v) is 6.72. The molecular weight excluding hydrogens is 673 g/mol. The Morgan fingerprint density at radius 3 is 2.59 bits per heavy atom. The highest BCUT2D eigenvalue weighted by atomic mass is 32.1. The monoisotopic (exact) mass is 700 g/mol. The van der Waals surface area contributed by atoms with Gasteiger partial charge in [0.15, 0.2) is 50.3 Å². The van der Waals surface area contributed by atoms with Crippen LogP contribution >= 0.6 is 31.4 Å². The molecular formula is C23H27FN10O9P2S. The number of carbonyl (C=O) groups is 1. The Bertz CT molecular complexity index is 1830. The zero-order valence-corrected chi connectivity index (χ0v) is 26.5. The number of thiol groups is 1. The number of anilines is 2. The molecule has 10 atom stereocenters. The van der Waals surface area contributed by atoms with Crippen molar-refractivity contribution in [3.63, 3.8) is 0 Å². The number of hydrogen-bond acceptors (Lipinski definition) is 16. The van der Waals surface area contributed by atoms with Gasteiger partial charge in [-0.3, -0.25) is 28.6 Å². The van der Waals surface area contributed by atoms with Crippen molar-refractivity contribution in [1.82, 2.24) is 38.6 Å². The van der Waals surface area contributed by atoms with Gasteiger partial charge >= 0.3 is 0 Å². The number of aliphatic hydroxyl groups is 1. The van der Waals surface area contributed by atoms with Crippen LogP contribution in [0.3, 0.4) is 0 Å². The molecule has 4 aromatic rings. The molecule has 0 bridgehead atoms. The number of nitrogens with zero attached hydrogens (tertiary/aromatic N) is 8. The summed E-state index contributed by atoms with van der Waals surface area (Å²) in [6, 6.07) is 0. The van der Waals surface area contributed by atoms with E-state index in [9.17, 15) is 14.7 Å². The summed E-state index contributed by atoms with van der Waals surface area (Å²) in [4.78, 5) is 45.4. The molecule has 0 spiro atoms. The first kappa shape index (κ1) is 31.6. The summed E-state index contributed by atoms with van der Waals surface area (Å²) in [5.74, 6) is -0.868. The number of nitrogen functional groups attached to an aromatic ring is 1. The van der Waals surface area contributed by atoms with Crippen LogP contribution in [-0.2, 0) is 38.6 Å². The minimum atomic E-state index is -1.52. The van der Waals surface area contributed by atoms with Crippen LogP contribution in [0.25, 0.3) is 22.3 Å². The normalized spacial score (nSPS) is 29.5. The fourth-order valence-electron chi connectivity index (χ4n) is 5.72. The first-order valence-electron chi connectivity index (χ1n) is 13.7. The zero-order chi connectivity index (χ0) is 32.1. The number of ether oxygens (including phenoxy) is 2. The molecule has 7 heterocycles. The van der Waals surface area contributed by atoms with Crippen molar-refractivity contribution in [2.24, 2.45) is 5.92 Å². The van der Waals surface area contributed by atoms with E-state index >= 15 is 4.39 Å². The van der Waals surface area contributed by atoms with Gasteiger partial charge < -0.3 is 38.1 Å². The Balaban J connectivity index is 0.975. The Labute approximate surface area is 267 Å². The molecule has 2 saturated heterocycles. The molecule has 0 aliphatic carbocycles. The number of halogens is 1. The molecule has 7 rings (SSSR count). The van der Waals surface area contributed by atoms with Gasteiger partial charge in [-0.05, 0) is 12.9 Å². The van der Waals surface area contributed by atoms with Crippen molar-refractivity contribution in [3.05, 3.63) is 29.3 Å². The molecule has 0 aromatic carbocycles. The van der Waals surface area contributed by atoms with Crippen molar-refractivity contribution >= 4 is 71.4 Å². The van der Waals surface area contributed by atoms with Crippen molar-refractivity contribution < 1.29 is 41.5 Å². The number of aliphatic hydroxyl groups excluding tert-OH is 1. The Hall–Kier alpha value is -2.97. The predicted octanol–water partition coefficient (Wildman–Crippen LogP) is -0.344. The SMILES string of the molecule is Nc1ncnc2c1ncn2[C@@H]1O[C@H](COP)[C@@H](COPOC[C@H]2O[C@@H](n3cnc4c(=O)n5c(nc43)NC(=O)C5)[C@H](OS)[C@@H]2O)[C@@H]1F. The number of amides is 1. The largest absolute Gasteiger partial charge is 0.387 e. The van der Waals surface area contributed by atoms with Crippen LogP contribution in [0, 0.1) is 5.92 Å². The lowest BCUT2D eigenvalue weighted by molar-refractivity contribution is -0.115. The number of aromatic nitrogens is 8. The lowest BCUT2D eigenvalue weighted by atomic mass is 10.0. The number of fused-ring (bicyclic) bond motifs is 3. The van der Waals surface area contributed by atoms with Crippen LogP contribution in [0.4, 0.5) is 16.2 Å². The van der Waals surface area contributed by atoms with E-state index in [1.807, 2.05) is 0 Å². The molecule has 246 valence electrons. The fraction of sp³-hybridized carbons (Fsp3) is 0.522. The molecule has 1 amide bonds. The van der Waals surface area contributed by atoms with Crippen molar-refractivity contribution in [1.29, 1.82) is 0 Å². The van der Waals surface area contributed by atoms with Crippen molar-refractivity contribution in [2.75, 3.05) is 30.9 Å². The van der Waals surface area contributed by atoms with Gasteiger partial charge in [0.25, 0.3) is 5.56 Å². The van der Waals surface area contributed by atoms with E-state index < -0.39 is 63.6 Å². The molecule has 3 aliphatic heterocycles. The second-order valence-corrected chi connectivity index (χ2v) is 11.9. The summed E-state index contributed by atoms with van der Waals surface area (Å²) in [5.41, 5.74) is 6.16. The minimum absolute atomic E-state index is 0.0131. The second kappa shape index (κ2) is 12.9. The lowest BCUT2D eigenvalue weighted by Gasteiger charge is -2.19. The van der Waals surface area contributed by atoms with Gasteiger partial charge in [0.1, 0.15) is 36.7 Å². The third-order valence-electron chi connectivity index (χ3n) is 7.98. The zero-order valence-electron chi connectivity index (χ0n) is 23.5. The van der Waals surface area contributed by atoms with Crippen LogP contribution in [0.2, 0.25) is 0 Å². The number of alkyl halides is 1. The summed E-state index contributed by atoms with van der Waals surface area (Å²) in [5, 5.41) is 13.4. The first-order chi connectivity index (χ1) is 22.3. The minimum Gasteiger partial charge on any atom is -0.387 e. The third-order valence-corrected chi connectivity index (χ3v) is 8.99. The molecule has 4 aromatic heterocycles. The third kappa shape index (κ3) is 5.43. The second-order valence-electron chi connectivity index (χ2n) is 10.6. The maximum absolute atomic E-state index is 15.8. The van der Waals surface area contributed by atoms with E-state index in [2.05, 4.69) is 52.6 Å². The van der Waals surface area contributed by atoms with Gasteiger partial charge in [-0.15, -0.1) is 0 Å². The Kier molecular flexibility index (Phi) is 8.87. The Morgan fingerprint density at radius 1 is 1.07 bits per heavy atom. The molecule has 2 fully saturated rings. The van der Waals surface area contributed by atoms with Crippen molar-refractivity contribution in [3.8, 4) is 0 Å². The summed E-state index contributed by atoms with van der Waals surface area (Å²) in [7, 11) is 1.57. The van der Waals surface area contributed by atoms with Crippen LogP contribution in [0.5, 0.6) is 0 Å². The number of hydrogen-bond donors (Lipinski definition) is 4. The van der Waals surface area contributed by atoms with E-state index in [1.165, 1.54) is 32.7 Å². The van der Waals surface area contributed by atoms with Crippen LogP contribution < -0.4 is 16.6 Å². The summed E-state index contributed by atoms with van der Waals surface area (Å²) >= 11 is 3.90. The van der Waals surface area contributed by atoms with E-state index in [0.29, 0.717) is 11.2 Å². The van der Waals surface area contributed by atoms with Crippen LogP contribution in [0.1, 0.15) is 12.5 Å². The van der Waals surface area contributed by atoms with Crippen LogP contribution in [0.15, 0.2) is 23.8 Å². The summed E-state index contributed by atoms with van der Waals surface area (Å²) < 4.78 is 53.5. The lowest BCUT2D eigenvalue weighted by Crippen LogP contribution is -2.34. The predicted molar refractivity (Wildman–Crippen MR) is 162 cm³/mol. The van der Waals surface area contributed by atoms with Gasteiger partial charge in [0.05, 0.1) is 38.6 Å². The topological polar surface area (TPSA) is 227 Å². The maximum Gasteiger partial charge on any atom is 0.283 e. The van der Waals surface area contributed by atoms with Gasteiger partial charge in [-0.25, -0.2) is 24.3 Å². The molecule has 2 unspecified atom stereocenters.